The van der Waals surface area contributed by atoms with Crippen LogP contribution in [0.15, 0.2) is 22.7 Å². The second-order valence-electron chi connectivity index (χ2n) is 3.98. The summed E-state index contributed by atoms with van der Waals surface area (Å²) in [7, 11) is 1.61. The number of carbonyl (C=O) groups excluding carboxylic acids is 1. The van der Waals surface area contributed by atoms with Gasteiger partial charge < -0.3 is 15.3 Å². The smallest absolute Gasteiger partial charge is 0.321 e. The quantitative estimate of drug-likeness (QED) is 0.855. The molecule has 0 unspecified atom stereocenters. The van der Waals surface area contributed by atoms with E-state index < -0.39 is 5.97 Å². The Hall–Kier alpha value is -1.27. The van der Waals surface area contributed by atoms with Crippen LogP contribution in [0.1, 0.15) is 12.8 Å². The molecule has 0 saturated carbocycles. The highest BCUT2D eigenvalue weighted by atomic mass is 79.9. The number of hydrogen-bond donors (Lipinski definition) is 2. The van der Waals surface area contributed by atoms with Crippen molar-refractivity contribution in [1.29, 1.82) is 0 Å². The van der Waals surface area contributed by atoms with Crippen molar-refractivity contribution >= 4 is 45.2 Å². The SMILES string of the molecule is CN(CCCC(=O)O)C(=O)Nc1ccc(Cl)c(Br)c1. The fraction of sp³-hybridized carbons (Fsp3) is 0.333. The first-order chi connectivity index (χ1) is 8.90. The average Bonchev–Trinajstić information content (AvgIpc) is 2.33. The lowest BCUT2D eigenvalue weighted by Crippen LogP contribution is -2.32. The standard InChI is InChI=1S/C12H14BrClN2O3/c1-16(6-2-3-11(17)18)12(19)15-8-4-5-10(14)9(13)7-8/h4-5,7H,2-3,6H2,1H3,(H,15,19)(H,17,18). The van der Waals surface area contributed by atoms with Crippen molar-refractivity contribution in [3.05, 3.63) is 27.7 Å². The molecule has 1 aromatic carbocycles. The molecule has 0 atom stereocenters. The van der Waals surface area contributed by atoms with E-state index in [2.05, 4.69) is 21.2 Å². The number of aliphatic carboxylic acids is 1. The predicted octanol–water partition coefficient (Wildman–Crippen LogP) is 3.43. The largest absolute Gasteiger partial charge is 0.481 e. The fourth-order valence-electron chi connectivity index (χ4n) is 1.36. The van der Waals surface area contributed by atoms with E-state index in [1.807, 2.05) is 0 Å². The number of benzene rings is 1. The second kappa shape index (κ2) is 7.35. The Morgan fingerprint density at radius 1 is 1.47 bits per heavy atom. The number of carboxylic acid groups (broad SMARTS) is 1. The summed E-state index contributed by atoms with van der Waals surface area (Å²) in [6.45, 7) is 0.382. The van der Waals surface area contributed by atoms with Crippen LogP contribution in [0, 0.1) is 0 Å². The van der Waals surface area contributed by atoms with E-state index in [1.165, 1.54) is 4.90 Å². The summed E-state index contributed by atoms with van der Waals surface area (Å²) >= 11 is 9.12. The van der Waals surface area contributed by atoms with Gasteiger partial charge in [-0.15, -0.1) is 0 Å². The van der Waals surface area contributed by atoms with E-state index in [0.717, 1.165) is 0 Å². The molecule has 5 nitrogen and oxygen atoms in total. The first-order valence-electron chi connectivity index (χ1n) is 5.59. The van der Waals surface area contributed by atoms with Crippen LogP contribution in [0.2, 0.25) is 5.02 Å². The monoisotopic (exact) mass is 348 g/mol. The fourth-order valence-corrected chi connectivity index (χ4v) is 1.86. The Labute approximate surface area is 124 Å². The molecule has 2 N–H and O–H groups in total. The van der Waals surface area contributed by atoms with E-state index in [4.69, 9.17) is 16.7 Å². The lowest BCUT2D eigenvalue weighted by molar-refractivity contribution is -0.137. The Balaban J connectivity index is 2.49. The van der Waals surface area contributed by atoms with Crippen molar-refractivity contribution in [2.75, 3.05) is 18.9 Å². The zero-order valence-electron chi connectivity index (χ0n) is 10.3. The number of anilines is 1. The molecule has 0 aliphatic carbocycles. The third-order valence-electron chi connectivity index (χ3n) is 2.40. The summed E-state index contributed by atoms with van der Waals surface area (Å²) in [4.78, 5) is 23.6. The van der Waals surface area contributed by atoms with Gasteiger partial charge in [-0.1, -0.05) is 11.6 Å². The second-order valence-corrected chi connectivity index (χ2v) is 5.24. The molecule has 0 heterocycles. The van der Waals surface area contributed by atoms with Crippen molar-refractivity contribution < 1.29 is 14.7 Å². The van der Waals surface area contributed by atoms with E-state index >= 15 is 0 Å². The van der Waals surface area contributed by atoms with Gasteiger partial charge in [0.15, 0.2) is 0 Å². The first kappa shape index (κ1) is 15.8. The molecule has 1 rings (SSSR count). The van der Waals surface area contributed by atoms with Crippen molar-refractivity contribution in [2.24, 2.45) is 0 Å². The Morgan fingerprint density at radius 2 is 2.16 bits per heavy atom. The van der Waals surface area contributed by atoms with Crippen LogP contribution < -0.4 is 5.32 Å². The third-order valence-corrected chi connectivity index (χ3v) is 3.62. The van der Waals surface area contributed by atoms with Crippen molar-refractivity contribution in [3.8, 4) is 0 Å². The van der Waals surface area contributed by atoms with Gasteiger partial charge in [0.25, 0.3) is 0 Å². The van der Waals surface area contributed by atoms with E-state index in [0.29, 0.717) is 28.1 Å². The molecule has 7 heteroatoms. The molecule has 104 valence electrons. The molecule has 0 spiro atoms. The molecule has 0 aliphatic rings. The van der Waals surface area contributed by atoms with Crippen molar-refractivity contribution in [1.82, 2.24) is 4.90 Å². The summed E-state index contributed by atoms with van der Waals surface area (Å²) < 4.78 is 0.695. The molecule has 0 aliphatic heterocycles. The summed E-state index contributed by atoms with van der Waals surface area (Å²) in [6.07, 6.45) is 0.466. The number of carboxylic acids is 1. The van der Waals surface area contributed by atoms with Gasteiger partial charge in [-0.3, -0.25) is 4.79 Å². The normalized spacial score (nSPS) is 10.1. The topological polar surface area (TPSA) is 69.6 Å². The number of carbonyl (C=O) groups is 2. The number of nitrogens with zero attached hydrogens (tertiary/aromatic N) is 1. The molecule has 1 aromatic rings. The molecular weight excluding hydrogens is 335 g/mol. The van der Waals surface area contributed by atoms with Gasteiger partial charge in [0, 0.05) is 30.2 Å². The van der Waals surface area contributed by atoms with Crippen molar-refractivity contribution in [3.63, 3.8) is 0 Å². The maximum atomic E-state index is 11.8. The molecule has 2 amide bonds. The number of hydrogen-bond acceptors (Lipinski definition) is 2. The van der Waals surface area contributed by atoms with Crippen LogP contribution in [0.5, 0.6) is 0 Å². The van der Waals surface area contributed by atoms with E-state index in [9.17, 15) is 9.59 Å². The van der Waals surface area contributed by atoms with Gasteiger partial charge in [0.1, 0.15) is 0 Å². The zero-order valence-corrected chi connectivity index (χ0v) is 12.7. The summed E-state index contributed by atoms with van der Waals surface area (Å²) in [5.74, 6) is -0.865. The van der Waals surface area contributed by atoms with Gasteiger partial charge >= 0.3 is 12.0 Å². The number of amides is 2. The van der Waals surface area contributed by atoms with Gasteiger partial charge in [-0.25, -0.2) is 4.79 Å². The maximum absolute atomic E-state index is 11.8. The highest BCUT2D eigenvalue weighted by Crippen LogP contribution is 2.25. The van der Waals surface area contributed by atoms with E-state index in [-0.39, 0.29) is 12.5 Å². The Kier molecular flexibility index (Phi) is 6.11. The van der Waals surface area contributed by atoms with Crippen LogP contribution in [0.3, 0.4) is 0 Å². The molecular formula is C12H14BrClN2O3. The van der Waals surface area contributed by atoms with Crippen LogP contribution in [-0.2, 0) is 4.79 Å². The lowest BCUT2D eigenvalue weighted by Gasteiger charge is -2.17. The van der Waals surface area contributed by atoms with Gasteiger partial charge in [-0.05, 0) is 40.5 Å². The van der Waals surface area contributed by atoms with Crippen LogP contribution in [-0.4, -0.2) is 35.6 Å². The van der Waals surface area contributed by atoms with Crippen LogP contribution in [0.25, 0.3) is 0 Å². The van der Waals surface area contributed by atoms with Gasteiger partial charge in [-0.2, -0.15) is 0 Å². The highest BCUT2D eigenvalue weighted by Gasteiger charge is 2.10. The molecule has 19 heavy (non-hydrogen) atoms. The third kappa shape index (κ3) is 5.48. The van der Waals surface area contributed by atoms with Crippen LogP contribution in [0.4, 0.5) is 10.5 Å². The summed E-state index contributed by atoms with van der Waals surface area (Å²) in [5, 5.41) is 11.8. The number of halogens is 2. The Morgan fingerprint density at radius 3 is 2.74 bits per heavy atom. The predicted molar refractivity (Wildman–Crippen MR) is 77.7 cm³/mol. The zero-order chi connectivity index (χ0) is 14.4. The first-order valence-corrected chi connectivity index (χ1v) is 6.76. The number of urea groups is 1. The van der Waals surface area contributed by atoms with Crippen molar-refractivity contribution in [2.45, 2.75) is 12.8 Å². The Bertz CT molecular complexity index is 482. The summed E-state index contributed by atoms with van der Waals surface area (Å²) in [5.41, 5.74) is 0.617. The summed E-state index contributed by atoms with van der Waals surface area (Å²) in [6, 6.07) is 4.77. The molecule has 0 fully saturated rings. The maximum Gasteiger partial charge on any atom is 0.321 e. The van der Waals surface area contributed by atoms with Gasteiger partial charge in [0.2, 0.25) is 0 Å². The number of nitrogens with one attached hydrogen (secondary N) is 1. The number of rotatable bonds is 5. The minimum atomic E-state index is -0.865. The molecule has 0 aromatic heterocycles. The van der Waals surface area contributed by atoms with E-state index in [1.54, 1.807) is 25.2 Å². The van der Waals surface area contributed by atoms with Crippen LogP contribution >= 0.6 is 27.5 Å². The minimum Gasteiger partial charge on any atom is -0.481 e. The molecule has 0 saturated heterocycles. The highest BCUT2D eigenvalue weighted by molar-refractivity contribution is 9.10. The molecule has 0 radical (unpaired) electrons. The van der Waals surface area contributed by atoms with Gasteiger partial charge in [0.05, 0.1) is 5.02 Å². The lowest BCUT2D eigenvalue weighted by atomic mass is 10.3. The minimum absolute atomic E-state index is 0.0457. The molecule has 0 bridgehead atoms. The average molecular weight is 350 g/mol.